The lowest BCUT2D eigenvalue weighted by Crippen LogP contribution is -2.30. The molecule has 0 heterocycles. The topological polar surface area (TPSA) is 64.3 Å². The second kappa shape index (κ2) is 5.05. The van der Waals surface area contributed by atoms with Crippen LogP contribution >= 0.6 is 0 Å². The molecule has 0 fully saturated rings. The van der Waals surface area contributed by atoms with Crippen molar-refractivity contribution in [1.29, 1.82) is 0 Å². The summed E-state index contributed by atoms with van der Waals surface area (Å²) in [6.45, 7) is 1.83. The predicted molar refractivity (Wildman–Crippen MR) is 54.3 cm³/mol. The molecule has 7 heteroatoms. The van der Waals surface area contributed by atoms with Gasteiger partial charge in [-0.25, -0.2) is 5.84 Å². The van der Waals surface area contributed by atoms with E-state index in [0.717, 1.165) is 6.07 Å². The summed E-state index contributed by atoms with van der Waals surface area (Å²) in [4.78, 5) is 11.2. The summed E-state index contributed by atoms with van der Waals surface area (Å²) in [6.07, 6.45) is -4.54. The van der Waals surface area contributed by atoms with Gasteiger partial charge in [-0.15, -0.1) is 0 Å². The first-order chi connectivity index (χ1) is 7.88. The SMILES string of the molecule is CCOc1cc(C(=O)NN)cc(C(F)(F)F)c1. The summed E-state index contributed by atoms with van der Waals surface area (Å²) in [5, 5.41) is 0. The summed E-state index contributed by atoms with van der Waals surface area (Å²) < 4.78 is 42.6. The first kappa shape index (κ1) is 13.3. The molecule has 0 saturated carbocycles. The molecule has 1 aromatic carbocycles. The first-order valence-electron chi connectivity index (χ1n) is 4.74. The Bertz CT molecular complexity index is 419. The maximum atomic E-state index is 12.5. The van der Waals surface area contributed by atoms with Gasteiger partial charge in [0.15, 0.2) is 0 Å². The van der Waals surface area contributed by atoms with Crippen LogP contribution in [0.3, 0.4) is 0 Å². The molecule has 17 heavy (non-hydrogen) atoms. The predicted octanol–water partition coefficient (Wildman–Crippen LogP) is 1.71. The maximum absolute atomic E-state index is 12.5. The van der Waals surface area contributed by atoms with Gasteiger partial charge in [0.05, 0.1) is 12.2 Å². The Balaban J connectivity index is 3.23. The van der Waals surface area contributed by atoms with E-state index in [-0.39, 0.29) is 17.9 Å². The van der Waals surface area contributed by atoms with Gasteiger partial charge in [-0.3, -0.25) is 10.2 Å². The van der Waals surface area contributed by atoms with Gasteiger partial charge in [-0.2, -0.15) is 13.2 Å². The Morgan fingerprint density at radius 2 is 2.06 bits per heavy atom. The van der Waals surface area contributed by atoms with Crippen molar-refractivity contribution in [1.82, 2.24) is 5.43 Å². The van der Waals surface area contributed by atoms with Gasteiger partial charge >= 0.3 is 6.18 Å². The molecule has 0 atom stereocenters. The monoisotopic (exact) mass is 248 g/mol. The number of nitrogen functional groups attached to an aromatic ring is 1. The molecule has 1 aromatic rings. The molecule has 0 bridgehead atoms. The molecule has 0 radical (unpaired) electrons. The molecular weight excluding hydrogens is 237 g/mol. The average Bonchev–Trinajstić information content (AvgIpc) is 2.27. The number of hydrazine groups is 1. The average molecular weight is 248 g/mol. The molecule has 0 saturated heterocycles. The van der Waals surface area contributed by atoms with Crippen LogP contribution in [0.4, 0.5) is 13.2 Å². The molecule has 94 valence electrons. The van der Waals surface area contributed by atoms with Crippen molar-refractivity contribution in [3.63, 3.8) is 0 Å². The number of hydrogen-bond acceptors (Lipinski definition) is 3. The van der Waals surface area contributed by atoms with E-state index in [0.29, 0.717) is 6.07 Å². The molecule has 0 aromatic heterocycles. The molecule has 1 rings (SSSR count). The van der Waals surface area contributed by atoms with E-state index in [4.69, 9.17) is 10.6 Å². The van der Waals surface area contributed by atoms with Crippen LogP contribution in [0.15, 0.2) is 18.2 Å². The quantitative estimate of drug-likeness (QED) is 0.486. The Hall–Kier alpha value is -1.76. The van der Waals surface area contributed by atoms with Gasteiger partial charge in [0.2, 0.25) is 0 Å². The zero-order valence-electron chi connectivity index (χ0n) is 8.97. The zero-order valence-corrected chi connectivity index (χ0v) is 8.97. The lowest BCUT2D eigenvalue weighted by atomic mass is 10.1. The van der Waals surface area contributed by atoms with E-state index in [1.165, 1.54) is 6.07 Å². The molecule has 0 aliphatic carbocycles. The van der Waals surface area contributed by atoms with Crippen molar-refractivity contribution >= 4 is 5.91 Å². The van der Waals surface area contributed by atoms with Gasteiger partial charge in [-0.05, 0) is 25.1 Å². The highest BCUT2D eigenvalue weighted by Crippen LogP contribution is 2.32. The number of amides is 1. The summed E-state index contributed by atoms with van der Waals surface area (Å²) in [6, 6.07) is 2.74. The normalized spacial score (nSPS) is 11.1. The largest absolute Gasteiger partial charge is 0.494 e. The second-order valence-electron chi connectivity index (χ2n) is 3.15. The number of hydrogen-bond donors (Lipinski definition) is 2. The lowest BCUT2D eigenvalue weighted by Gasteiger charge is -2.11. The maximum Gasteiger partial charge on any atom is 0.416 e. The fourth-order valence-corrected chi connectivity index (χ4v) is 1.23. The molecule has 0 unspecified atom stereocenters. The summed E-state index contributed by atoms with van der Waals surface area (Å²) in [7, 11) is 0. The molecule has 0 aliphatic heterocycles. The number of halogens is 3. The first-order valence-corrected chi connectivity index (χ1v) is 4.74. The van der Waals surface area contributed by atoms with Crippen molar-refractivity contribution in [3.8, 4) is 5.75 Å². The highest BCUT2D eigenvalue weighted by atomic mass is 19.4. The number of nitrogens with one attached hydrogen (secondary N) is 1. The summed E-state index contributed by atoms with van der Waals surface area (Å²) in [5.74, 6) is 4.03. The van der Waals surface area contributed by atoms with E-state index in [2.05, 4.69) is 0 Å². The van der Waals surface area contributed by atoms with Crippen molar-refractivity contribution in [2.75, 3.05) is 6.61 Å². The van der Waals surface area contributed by atoms with Crippen molar-refractivity contribution in [3.05, 3.63) is 29.3 Å². The third-order valence-corrected chi connectivity index (χ3v) is 1.94. The molecule has 3 N–H and O–H groups in total. The number of nitrogens with two attached hydrogens (primary N) is 1. The van der Waals surface area contributed by atoms with Crippen LogP contribution in [-0.4, -0.2) is 12.5 Å². The Labute approximate surface area is 95.5 Å². The van der Waals surface area contributed by atoms with Crippen molar-refractivity contribution < 1.29 is 22.7 Å². The minimum Gasteiger partial charge on any atom is -0.494 e. The van der Waals surface area contributed by atoms with Crippen LogP contribution in [0.25, 0.3) is 0 Å². The van der Waals surface area contributed by atoms with Crippen LogP contribution in [0.1, 0.15) is 22.8 Å². The third kappa shape index (κ3) is 3.35. The summed E-state index contributed by atoms with van der Waals surface area (Å²) in [5.41, 5.74) is 0.608. The third-order valence-electron chi connectivity index (χ3n) is 1.94. The summed E-state index contributed by atoms with van der Waals surface area (Å²) >= 11 is 0. The van der Waals surface area contributed by atoms with Crippen LogP contribution in [-0.2, 0) is 6.18 Å². The van der Waals surface area contributed by atoms with Gasteiger partial charge in [-0.1, -0.05) is 0 Å². The number of rotatable bonds is 3. The van der Waals surface area contributed by atoms with E-state index in [1.54, 1.807) is 12.3 Å². The number of carbonyl (C=O) groups excluding carboxylic acids is 1. The smallest absolute Gasteiger partial charge is 0.416 e. The van der Waals surface area contributed by atoms with Crippen LogP contribution in [0, 0.1) is 0 Å². The van der Waals surface area contributed by atoms with Crippen molar-refractivity contribution in [2.45, 2.75) is 13.1 Å². The number of carbonyl (C=O) groups is 1. The van der Waals surface area contributed by atoms with E-state index in [1.807, 2.05) is 0 Å². The Kier molecular flexibility index (Phi) is 3.95. The highest BCUT2D eigenvalue weighted by molar-refractivity contribution is 5.94. The zero-order chi connectivity index (χ0) is 13.1. The molecule has 0 spiro atoms. The molecular formula is C10H11F3N2O2. The van der Waals surface area contributed by atoms with Crippen molar-refractivity contribution in [2.24, 2.45) is 5.84 Å². The Morgan fingerprint density at radius 1 is 1.41 bits per heavy atom. The van der Waals surface area contributed by atoms with Gasteiger partial charge < -0.3 is 4.74 Å². The lowest BCUT2D eigenvalue weighted by molar-refractivity contribution is -0.137. The second-order valence-corrected chi connectivity index (χ2v) is 3.15. The highest BCUT2D eigenvalue weighted by Gasteiger charge is 2.32. The van der Waals surface area contributed by atoms with Crippen LogP contribution < -0.4 is 16.0 Å². The number of alkyl halides is 3. The minimum absolute atomic E-state index is 0.0269. The number of benzene rings is 1. The molecule has 4 nitrogen and oxygen atoms in total. The van der Waals surface area contributed by atoms with E-state index in [9.17, 15) is 18.0 Å². The molecule has 1 amide bonds. The standard InChI is InChI=1S/C10H11F3N2O2/c1-2-17-8-4-6(9(16)15-14)3-7(5-8)10(11,12)13/h3-5H,2,14H2,1H3,(H,15,16). The fraction of sp³-hybridized carbons (Fsp3) is 0.300. The van der Waals surface area contributed by atoms with Gasteiger partial charge in [0.1, 0.15) is 5.75 Å². The number of ether oxygens (including phenoxy) is 1. The van der Waals surface area contributed by atoms with Gasteiger partial charge in [0, 0.05) is 5.56 Å². The van der Waals surface area contributed by atoms with E-state index < -0.39 is 17.6 Å². The minimum atomic E-state index is -4.54. The Morgan fingerprint density at radius 3 is 2.53 bits per heavy atom. The van der Waals surface area contributed by atoms with Crippen LogP contribution in [0.2, 0.25) is 0 Å². The van der Waals surface area contributed by atoms with Gasteiger partial charge in [0.25, 0.3) is 5.91 Å². The fourth-order valence-electron chi connectivity index (χ4n) is 1.23. The van der Waals surface area contributed by atoms with E-state index >= 15 is 0 Å². The van der Waals surface area contributed by atoms with Crippen LogP contribution in [0.5, 0.6) is 5.75 Å². The molecule has 0 aliphatic rings.